The normalized spacial score (nSPS) is 11.7. The van der Waals surface area contributed by atoms with Crippen molar-refractivity contribution in [2.45, 2.75) is 97.4 Å². The van der Waals surface area contributed by atoms with Gasteiger partial charge in [0.1, 0.15) is 5.52 Å². The van der Waals surface area contributed by atoms with Crippen molar-refractivity contribution in [3.8, 4) is 0 Å². The number of unbranched alkanes of at least 4 members (excludes halogenated alkanes) is 10. The molecule has 0 atom stereocenters. The summed E-state index contributed by atoms with van der Waals surface area (Å²) in [6, 6.07) is 5.84. The number of hydrogen-bond acceptors (Lipinski definition) is 4. The van der Waals surface area contributed by atoms with Crippen molar-refractivity contribution >= 4 is 16.7 Å². The molecule has 0 unspecified atom stereocenters. The molecule has 0 amide bonds. The van der Waals surface area contributed by atoms with E-state index in [9.17, 15) is 0 Å². The summed E-state index contributed by atoms with van der Waals surface area (Å²) in [7, 11) is 0. The van der Waals surface area contributed by atoms with E-state index in [2.05, 4.69) is 29.1 Å². The van der Waals surface area contributed by atoms with Gasteiger partial charge in [-0.3, -0.25) is 0 Å². The van der Waals surface area contributed by atoms with Gasteiger partial charge in [0.2, 0.25) is 0 Å². The van der Waals surface area contributed by atoms with E-state index < -0.39 is 0 Å². The van der Waals surface area contributed by atoms with E-state index >= 15 is 0 Å². The lowest BCUT2D eigenvalue weighted by molar-refractivity contribution is 0.247. The maximum absolute atomic E-state index is 5.96. The molecule has 5 heteroatoms. The molecule has 5 nitrogen and oxygen atoms in total. The van der Waals surface area contributed by atoms with Gasteiger partial charge in [0.15, 0.2) is 0 Å². The zero-order chi connectivity index (χ0) is 20.7. The van der Waals surface area contributed by atoms with Crippen molar-refractivity contribution in [1.29, 1.82) is 0 Å². The molecule has 0 aliphatic carbocycles. The Labute approximate surface area is 178 Å². The third kappa shape index (κ3) is 9.16. The second-order valence-corrected chi connectivity index (χ2v) is 8.44. The summed E-state index contributed by atoms with van der Waals surface area (Å²) in [4.78, 5) is 2.64. The Hall–Kier alpha value is -1.62. The quantitative estimate of drug-likeness (QED) is 0.259. The smallest absolute Gasteiger partial charge is 0.113 e. The second kappa shape index (κ2) is 14.4. The summed E-state index contributed by atoms with van der Waals surface area (Å²) < 4.78 is 2.02. The fourth-order valence-corrected chi connectivity index (χ4v) is 3.95. The number of anilines is 1. The highest BCUT2D eigenvalue weighted by Gasteiger charge is 2.09. The van der Waals surface area contributed by atoms with E-state index in [0.717, 1.165) is 29.8 Å². The highest BCUT2D eigenvalue weighted by atomic mass is 15.4. The molecule has 0 fully saturated rings. The third-order valence-corrected chi connectivity index (χ3v) is 5.82. The lowest BCUT2D eigenvalue weighted by atomic mass is 10.1. The van der Waals surface area contributed by atoms with Gasteiger partial charge < -0.3 is 10.6 Å². The topological polar surface area (TPSA) is 60.0 Å². The van der Waals surface area contributed by atoms with Crippen molar-refractivity contribution in [3.05, 3.63) is 18.2 Å². The molecule has 0 bridgehead atoms. The molecule has 1 aromatic heterocycles. The standard InChI is InChI=1S/C24H43N5/c1-3-5-7-9-11-13-17-28(18-14-12-10-8-6-4-2)19-20-29-24-21-22(25)15-16-23(24)26-27-29/h15-16,21H,3-14,17-20,25H2,1-2H3. The molecule has 2 N–H and O–H groups in total. The molecule has 29 heavy (non-hydrogen) atoms. The summed E-state index contributed by atoms with van der Waals surface area (Å²) in [6.45, 7) is 8.89. The molecule has 0 radical (unpaired) electrons. The Bertz CT molecular complexity index is 650. The Morgan fingerprint density at radius 2 is 1.38 bits per heavy atom. The number of nitrogens with two attached hydrogens (primary N) is 1. The summed E-state index contributed by atoms with van der Waals surface area (Å²) in [6.07, 6.45) is 16.3. The van der Waals surface area contributed by atoms with Gasteiger partial charge in [0, 0.05) is 12.2 Å². The first-order chi connectivity index (χ1) is 14.2. The first-order valence-corrected chi connectivity index (χ1v) is 12.1. The molecule has 0 saturated heterocycles. The molecule has 1 heterocycles. The van der Waals surface area contributed by atoms with Gasteiger partial charge in [0.05, 0.1) is 12.1 Å². The second-order valence-electron chi connectivity index (χ2n) is 8.44. The van der Waals surface area contributed by atoms with Crippen LogP contribution in [0.5, 0.6) is 0 Å². The minimum Gasteiger partial charge on any atom is -0.399 e. The molecule has 0 spiro atoms. The minimum atomic E-state index is 0.775. The van der Waals surface area contributed by atoms with Gasteiger partial charge in [-0.1, -0.05) is 83.3 Å². The van der Waals surface area contributed by atoms with Gasteiger partial charge >= 0.3 is 0 Å². The monoisotopic (exact) mass is 401 g/mol. The zero-order valence-electron chi connectivity index (χ0n) is 18.9. The van der Waals surface area contributed by atoms with E-state index in [-0.39, 0.29) is 0 Å². The average Bonchev–Trinajstić information content (AvgIpc) is 3.12. The lowest BCUT2D eigenvalue weighted by Crippen LogP contribution is -2.30. The first kappa shape index (κ1) is 23.7. The van der Waals surface area contributed by atoms with Gasteiger partial charge in [0.25, 0.3) is 0 Å². The van der Waals surface area contributed by atoms with E-state index in [0.29, 0.717) is 0 Å². The van der Waals surface area contributed by atoms with Crippen molar-refractivity contribution in [1.82, 2.24) is 19.9 Å². The van der Waals surface area contributed by atoms with Crippen LogP contribution in [0.15, 0.2) is 18.2 Å². The first-order valence-electron chi connectivity index (χ1n) is 12.1. The van der Waals surface area contributed by atoms with Crippen molar-refractivity contribution in [2.75, 3.05) is 25.4 Å². The van der Waals surface area contributed by atoms with Crippen LogP contribution >= 0.6 is 0 Å². The van der Waals surface area contributed by atoms with Crippen LogP contribution in [-0.2, 0) is 6.54 Å². The number of nitrogens with zero attached hydrogens (tertiary/aromatic N) is 4. The molecule has 2 aromatic rings. The Morgan fingerprint density at radius 1 is 0.793 bits per heavy atom. The van der Waals surface area contributed by atoms with Crippen LogP contribution in [0.3, 0.4) is 0 Å². The van der Waals surface area contributed by atoms with Crippen LogP contribution in [-0.4, -0.2) is 39.5 Å². The lowest BCUT2D eigenvalue weighted by Gasteiger charge is -2.22. The van der Waals surface area contributed by atoms with Gasteiger partial charge in [-0.15, -0.1) is 5.10 Å². The number of hydrogen-bond donors (Lipinski definition) is 1. The number of benzene rings is 1. The van der Waals surface area contributed by atoms with Crippen LogP contribution in [0, 0.1) is 0 Å². The van der Waals surface area contributed by atoms with E-state index in [1.807, 2.05) is 22.9 Å². The molecule has 2 rings (SSSR count). The molecule has 164 valence electrons. The van der Waals surface area contributed by atoms with Gasteiger partial charge in [-0.25, -0.2) is 4.68 Å². The maximum Gasteiger partial charge on any atom is 0.113 e. The average molecular weight is 402 g/mol. The molecule has 1 aromatic carbocycles. The predicted molar refractivity (Wildman–Crippen MR) is 125 cm³/mol. The molecule has 0 aliphatic rings. The van der Waals surface area contributed by atoms with Gasteiger partial charge in [-0.2, -0.15) is 0 Å². The van der Waals surface area contributed by atoms with Crippen LogP contribution in [0.25, 0.3) is 11.0 Å². The number of nitrogen functional groups attached to an aromatic ring is 1. The number of rotatable bonds is 17. The van der Waals surface area contributed by atoms with E-state index in [1.165, 1.54) is 90.1 Å². The summed E-state index contributed by atoms with van der Waals surface area (Å²) in [5, 5.41) is 8.64. The molecule has 0 aliphatic heterocycles. The third-order valence-electron chi connectivity index (χ3n) is 5.82. The van der Waals surface area contributed by atoms with Crippen molar-refractivity contribution in [3.63, 3.8) is 0 Å². The van der Waals surface area contributed by atoms with E-state index in [4.69, 9.17) is 5.73 Å². The fraction of sp³-hybridized carbons (Fsp3) is 0.750. The number of aromatic nitrogens is 3. The van der Waals surface area contributed by atoms with E-state index in [1.54, 1.807) is 0 Å². The summed E-state index contributed by atoms with van der Waals surface area (Å²) in [5.41, 5.74) is 8.71. The molecular formula is C24H43N5. The van der Waals surface area contributed by atoms with Crippen LogP contribution in [0.1, 0.15) is 90.9 Å². The molecule has 0 saturated carbocycles. The van der Waals surface area contributed by atoms with Crippen LogP contribution in [0.4, 0.5) is 5.69 Å². The van der Waals surface area contributed by atoms with Crippen LogP contribution < -0.4 is 5.73 Å². The summed E-state index contributed by atoms with van der Waals surface area (Å²) in [5.74, 6) is 0. The molecular weight excluding hydrogens is 358 g/mol. The Balaban J connectivity index is 1.79. The Kier molecular flexibility index (Phi) is 11.7. The predicted octanol–water partition coefficient (Wildman–Crippen LogP) is 6.04. The summed E-state index contributed by atoms with van der Waals surface area (Å²) >= 11 is 0. The zero-order valence-corrected chi connectivity index (χ0v) is 18.9. The van der Waals surface area contributed by atoms with Gasteiger partial charge in [-0.05, 0) is 44.1 Å². The minimum absolute atomic E-state index is 0.775. The van der Waals surface area contributed by atoms with Crippen LogP contribution in [0.2, 0.25) is 0 Å². The van der Waals surface area contributed by atoms with Crippen molar-refractivity contribution in [2.24, 2.45) is 0 Å². The number of fused-ring (bicyclic) bond motifs is 1. The fourth-order valence-electron chi connectivity index (χ4n) is 3.95. The van der Waals surface area contributed by atoms with Crippen molar-refractivity contribution < 1.29 is 0 Å². The maximum atomic E-state index is 5.96. The highest BCUT2D eigenvalue weighted by molar-refractivity contribution is 5.77. The highest BCUT2D eigenvalue weighted by Crippen LogP contribution is 2.15. The Morgan fingerprint density at radius 3 is 2.00 bits per heavy atom. The largest absolute Gasteiger partial charge is 0.399 e. The SMILES string of the molecule is CCCCCCCCN(CCCCCCCC)CCn1nnc2ccc(N)cc21.